The van der Waals surface area contributed by atoms with Crippen molar-refractivity contribution in [1.29, 1.82) is 0 Å². The SMILES string of the molecule is COc1ccccc1C(c1nnnn1C(C)(C)C)N1CCN(c2ccc(F)cc2)CC1. The molecule has 7 nitrogen and oxygen atoms in total. The molecule has 3 aromatic rings. The highest BCUT2D eigenvalue weighted by molar-refractivity contribution is 5.47. The van der Waals surface area contributed by atoms with Crippen LogP contribution in [0.25, 0.3) is 0 Å². The zero-order valence-electron chi connectivity index (χ0n) is 18.5. The Balaban J connectivity index is 1.66. The Hall–Kier alpha value is -3.00. The van der Waals surface area contributed by atoms with Gasteiger partial charge < -0.3 is 9.64 Å². The first-order chi connectivity index (χ1) is 14.9. The fourth-order valence-electron chi connectivity index (χ4n) is 4.12. The van der Waals surface area contributed by atoms with E-state index in [1.54, 1.807) is 7.11 Å². The average molecular weight is 425 g/mol. The summed E-state index contributed by atoms with van der Waals surface area (Å²) in [4.78, 5) is 4.67. The number of tetrazole rings is 1. The summed E-state index contributed by atoms with van der Waals surface area (Å²) in [5.41, 5.74) is 1.82. The summed E-state index contributed by atoms with van der Waals surface area (Å²) in [6, 6.07) is 14.6. The number of aromatic nitrogens is 4. The number of piperazine rings is 1. The van der Waals surface area contributed by atoms with E-state index in [0.29, 0.717) is 0 Å². The van der Waals surface area contributed by atoms with E-state index in [1.807, 2.05) is 35.0 Å². The molecule has 0 bridgehead atoms. The lowest BCUT2D eigenvalue weighted by molar-refractivity contribution is 0.188. The number of rotatable bonds is 5. The predicted molar refractivity (Wildman–Crippen MR) is 118 cm³/mol. The molecule has 0 saturated carbocycles. The number of benzene rings is 2. The van der Waals surface area contributed by atoms with Crippen molar-refractivity contribution in [3.8, 4) is 5.75 Å². The molecule has 1 atom stereocenters. The molecule has 31 heavy (non-hydrogen) atoms. The first kappa shape index (κ1) is 21.2. The number of ether oxygens (including phenoxy) is 1. The zero-order chi connectivity index (χ0) is 22.0. The third-order valence-electron chi connectivity index (χ3n) is 5.68. The highest BCUT2D eigenvalue weighted by Crippen LogP contribution is 2.35. The maximum absolute atomic E-state index is 13.3. The van der Waals surface area contributed by atoms with Gasteiger partial charge in [0.1, 0.15) is 17.6 Å². The van der Waals surface area contributed by atoms with Gasteiger partial charge in [0, 0.05) is 37.4 Å². The van der Waals surface area contributed by atoms with Gasteiger partial charge in [0.25, 0.3) is 0 Å². The van der Waals surface area contributed by atoms with Crippen molar-refractivity contribution in [3.63, 3.8) is 0 Å². The van der Waals surface area contributed by atoms with Crippen LogP contribution in [0.1, 0.15) is 38.2 Å². The molecular formula is C23H29FN6O. The second-order valence-electron chi connectivity index (χ2n) is 8.76. The Kier molecular flexibility index (Phi) is 5.91. The Labute approximate surface area is 182 Å². The van der Waals surface area contributed by atoms with E-state index in [-0.39, 0.29) is 17.4 Å². The van der Waals surface area contributed by atoms with Crippen molar-refractivity contribution >= 4 is 5.69 Å². The Bertz CT molecular complexity index is 1010. The van der Waals surface area contributed by atoms with Crippen LogP contribution in [0.15, 0.2) is 48.5 Å². The van der Waals surface area contributed by atoms with Gasteiger partial charge in [-0.3, -0.25) is 4.90 Å². The van der Waals surface area contributed by atoms with Gasteiger partial charge in [-0.25, -0.2) is 9.07 Å². The van der Waals surface area contributed by atoms with Crippen molar-refractivity contribution in [2.45, 2.75) is 32.4 Å². The lowest BCUT2D eigenvalue weighted by Crippen LogP contribution is -2.48. The molecule has 164 valence electrons. The van der Waals surface area contributed by atoms with E-state index >= 15 is 0 Å². The van der Waals surface area contributed by atoms with Crippen LogP contribution in [0.5, 0.6) is 5.75 Å². The predicted octanol–water partition coefficient (Wildman–Crippen LogP) is 3.49. The summed E-state index contributed by atoms with van der Waals surface area (Å²) in [6.07, 6.45) is 0. The second-order valence-corrected chi connectivity index (χ2v) is 8.76. The van der Waals surface area contributed by atoms with Gasteiger partial charge in [0.2, 0.25) is 0 Å². The maximum Gasteiger partial charge on any atom is 0.173 e. The van der Waals surface area contributed by atoms with Crippen LogP contribution in [0.3, 0.4) is 0 Å². The molecule has 1 aliphatic heterocycles. The Morgan fingerprint density at radius 1 is 0.968 bits per heavy atom. The Morgan fingerprint density at radius 3 is 2.29 bits per heavy atom. The molecule has 1 aliphatic rings. The lowest BCUT2D eigenvalue weighted by atomic mass is 10.0. The third-order valence-corrected chi connectivity index (χ3v) is 5.68. The molecule has 2 heterocycles. The average Bonchev–Trinajstić information content (AvgIpc) is 3.26. The molecule has 0 radical (unpaired) electrons. The molecule has 4 rings (SSSR count). The standard InChI is InChI=1S/C23H29FN6O/c1-23(2,3)30-22(25-26-27-30)21(19-7-5-6-8-20(19)31-4)29-15-13-28(14-16-29)18-11-9-17(24)10-12-18/h5-12,21H,13-16H2,1-4H3. The molecule has 2 aromatic carbocycles. The monoisotopic (exact) mass is 424 g/mol. The molecule has 0 N–H and O–H groups in total. The van der Waals surface area contributed by atoms with Crippen molar-refractivity contribution in [3.05, 3.63) is 65.7 Å². The number of hydrogen-bond acceptors (Lipinski definition) is 6. The van der Waals surface area contributed by atoms with E-state index in [0.717, 1.165) is 49.0 Å². The summed E-state index contributed by atoms with van der Waals surface area (Å²) >= 11 is 0. The summed E-state index contributed by atoms with van der Waals surface area (Å²) in [6.45, 7) is 9.58. The van der Waals surface area contributed by atoms with Crippen LogP contribution in [-0.2, 0) is 5.54 Å². The quantitative estimate of drug-likeness (QED) is 0.625. The Morgan fingerprint density at radius 2 is 1.65 bits per heavy atom. The molecular weight excluding hydrogens is 395 g/mol. The molecule has 1 aromatic heterocycles. The molecule has 0 amide bonds. The van der Waals surface area contributed by atoms with Gasteiger partial charge in [0.05, 0.1) is 12.6 Å². The smallest absolute Gasteiger partial charge is 0.173 e. The van der Waals surface area contributed by atoms with E-state index in [9.17, 15) is 4.39 Å². The van der Waals surface area contributed by atoms with E-state index in [1.165, 1.54) is 12.1 Å². The number of methoxy groups -OCH3 is 1. The van der Waals surface area contributed by atoms with Crippen LogP contribution < -0.4 is 9.64 Å². The fraction of sp³-hybridized carbons (Fsp3) is 0.435. The van der Waals surface area contributed by atoms with Gasteiger partial charge in [0.15, 0.2) is 5.82 Å². The number of para-hydroxylation sites is 1. The van der Waals surface area contributed by atoms with Crippen LogP contribution in [-0.4, -0.2) is 58.4 Å². The van der Waals surface area contributed by atoms with E-state index in [4.69, 9.17) is 4.74 Å². The van der Waals surface area contributed by atoms with Crippen molar-refractivity contribution < 1.29 is 9.13 Å². The van der Waals surface area contributed by atoms with Crippen molar-refractivity contribution in [2.75, 3.05) is 38.2 Å². The summed E-state index contributed by atoms with van der Waals surface area (Å²) in [5.74, 6) is 1.40. The number of halogens is 1. The highest BCUT2D eigenvalue weighted by Gasteiger charge is 2.34. The molecule has 1 fully saturated rings. The van der Waals surface area contributed by atoms with Crippen molar-refractivity contribution in [2.24, 2.45) is 0 Å². The summed E-state index contributed by atoms with van der Waals surface area (Å²) < 4.78 is 20.9. The number of anilines is 1. The molecule has 1 saturated heterocycles. The minimum absolute atomic E-state index is 0.138. The normalized spacial score (nSPS) is 16.4. The zero-order valence-corrected chi connectivity index (χ0v) is 18.5. The summed E-state index contributed by atoms with van der Waals surface area (Å²) in [7, 11) is 1.69. The highest BCUT2D eigenvalue weighted by atomic mass is 19.1. The molecule has 1 unspecified atom stereocenters. The molecule has 0 aliphatic carbocycles. The number of hydrogen-bond donors (Lipinski definition) is 0. The third kappa shape index (κ3) is 4.39. The van der Waals surface area contributed by atoms with Crippen LogP contribution in [0, 0.1) is 5.82 Å². The van der Waals surface area contributed by atoms with Gasteiger partial charge in [-0.2, -0.15) is 0 Å². The molecule has 0 spiro atoms. The lowest BCUT2D eigenvalue weighted by Gasteiger charge is -2.40. The van der Waals surface area contributed by atoms with Crippen molar-refractivity contribution in [1.82, 2.24) is 25.1 Å². The van der Waals surface area contributed by atoms with Gasteiger partial charge in [-0.1, -0.05) is 18.2 Å². The van der Waals surface area contributed by atoms with E-state index in [2.05, 4.69) is 52.2 Å². The maximum atomic E-state index is 13.3. The summed E-state index contributed by atoms with van der Waals surface area (Å²) in [5, 5.41) is 12.7. The first-order valence-corrected chi connectivity index (χ1v) is 10.5. The fourth-order valence-corrected chi connectivity index (χ4v) is 4.12. The minimum atomic E-state index is -0.255. The van der Waals surface area contributed by atoms with E-state index < -0.39 is 0 Å². The minimum Gasteiger partial charge on any atom is -0.496 e. The van der Waals surface area contributed by atoms with Gasteiger partial charge >= 0.3 is 0 Å². The largest absolute Gasteiger partial charge is 0.496 e. The first-order valence-electron chi connectivity index (χ1n) is 10.5. The van der Waals surface area contributed by atoms with Crippen LogP contribution in [0.2, 0.25) is 0 Å². The molecule has 8 heteroatoms. The van der Waals surface area contributed by atoms with Crippen LogP contribution in [0.4, 0.5) is 10.1 Å². The van der Waals surface area contributed by atoms with Gasteiger partial charge in [-0.15, -0.1) is 5.10 Å². The second kappa shape index (κ2) is 8.63. The number of nitrogens with zero attached hydrogens (tertiary/aromatic N) is 6. The van der Waals surface area contributed by atoms with Gasteiger partial charge in [-0.05, 0) is 61.5 Å². The topological polar surface area (TPSA) is 59.3 Å². The van der Waals surface area contributed by atoms with Crippen LogP contribution >= 0.6 is 0 Å².